The van der Waals surface area contributed by atoms with Crippen molar-refractivity contribution in [2.24, 2.45) is 0 Å². The molecule has 2 rings (SSSR count). The summed E-state index contributed by atoms with van der Waals surface area (Å²) in [5.74, 6) is -0.577. The van der Waals surface area contributed by atoms with Crippen molar-refractivity contribution in [3.63, 3.8) is 0 Å². The first-order valence-electron chi connectivity index (χ1n) is 4.75. The Morgan fingerprint density at radius 1 is 1.31 bits per heavy atom. The molecule has 0 amide bonds. The Bertz CT molecular complexity index is 526. The van der Waals surface area contributed by atoms with E-state index in [1.54, 1.807) is 6.92 Å². The zero-order valence-corrected chi connectivity index (χ0v) is 8.64. The van der Waals surface area contributed by atoms with E-state index in [2.05, 4.69) is 9.97 Å². The Balaban J connectivity index is 2.39. The van der Waals surface area contributed by atoms with Crippen molar-refractivity contribution in [1.82, 2.24) is 9.97 Å². The van der Waals surface area contributed by atoms with Gasteiger partial charge >= 0.3 is 0 Å². The van der Waals surface area contributed by atoms with Crippen molar-refractivity contribution >= 4 is 5.78 Å². The summed E-state index contributed by atoms with van der Waals surface area (Å²) in [6, 6.07) is 4.23. The number of rotatable bonds is 2. The number of carbonyl (C=O) groups is 1. The highest BCUT2D eigenvalue weighted by Gasteiger charge is 2.11. The summed E-state index contributed by atoms with van der Waals surface area (Å²) in [6.45, 7) is 1.61. The van der Waals surface area contributed by atoms with E-state index < -0.39 is 0 Å². The summed E-state index contributed by atoms with van der Waals surface area (Å²) in [6.07, 6.45) is 4.33. The number of hydrogen-bond donors (Lipinski definition) is 0. The molecule has 0 radical (unpaired) electrons. The number of aromatic nitrogens is 2. The molecule has 0 aliphatic heterocycles. The van der Waals surface area contributed by atoms with Gasteiger partial charge in [0.2, 0.25) is 5.78 Å². The van der Waals surface area contributed by atoms with Crippen LogP contribution in [0.1, 0.15) is 21.6 Å². The number of halogens is 1. The van der Waals surface area contributed by atoms with Gasteiger partial charge < -0.3 is 0 Å². The number of hydrogen-bond acceptors (Lipinski definition) is 3. The van der Waals surface area contributed by atoms with Gasteiger partial charge in [0.15, 0.2) is 0 Å². The molecule has 16 heavy (non-hydrogen) atoms. The third-order valence-corrected chi connectivity index (χ3v) is 2.22. The average molecular weight is 216 g/mol. The Labute approximate surface area is 92.0 Å². The molecular weight excluding hydrogens is 207 g/mol. The molecule has 0 spiro atoms. The molecule has 0 saturated carbocycles. The van der Waals surface area contributed by atoms with Crippen molar-refractivity contribution in [3.8, 4) is 0 Å². The van der Waals surface area contributed by atoms with Crippen LogP contribution in [0.2, 0.25) is 0 Å². The van der Waals surface area contributed by atoms with Crippen molar-refractivity contribution < 1.29 is 9.18 Å². The van der Waals surface area contributed by atoms with Crippen molar-refractivity contribution in [2.75, 3.05) is 0 Å². The summed E-state index contributed by atoms with van der Waals surface area (Å²) in [5.41, 5.74) is 1.11. The Hall–Kier alpha value is -2.10. The fourth-order valence-electron chi connectivity index (χ4n) is 1.35. The summed E-state index contributed by atoms with van der Waals surface area (Å²) >= 11 is 0. The first-order valence-corrected chi connectivity index (χ1v) is 4.75. The maximum atomic E-state index is 13.0. The number of aryl methyl sites for hydroxylation is 1. The molecule has 0 N–H and O–H groups in total. The second kappa shape index (κ2) is 4.18. The first kappa shape index (κ1) is 10.4. The normalized spacial score (nSPS) is 10.1. The van der Waals surface area contributed by atoms with E-state index in [0.717, 1.165) is 0 Å². The van der Waals surface area contributed by atoms with Crippen LogP contribution in [0.4, 0.5) is 4.39 Å². The molecule has 2 aromatic rings. The van der Waals surface area contributed by atoms with Crippen LogP contribution in [0.15, 0.2) is 36.8 Å². The highest BCUT2D eigenvalue weighted by Crippen LogP contribution is 2.12. The van der Waals surface area contributed by atoms with Crippen LogP contribution >= 0.6 is 0 Å². The smallest absolute Gasteiger partial charge is 0.212 e. The maximum absolute atomic E-state index is 13.0. The van der Waals surface area contributed by atoms with Crippen LogP contribution in [0.25, 0.3) is 0 Å². The minimum absolute atomic E-state index is 0.254. The van der Waals surface area contributed by atoms with Gasteiger partial charge in [0.1, 0.15) is 11.5 Å². The van der Waals surface area contributed by atoms with E-state index in [-0.39, 0.29) is 17.3 Å². The van der Waals surface area contributed by atoms with E-state index in [1.807, 2.05) is 0 Å². The molecule has 0 saturated heterocycles. The fraction of sp³-hybridized carbons (Fsp3) is 0.0833. The van der Waals surface area contributed by atoms with Crippen LogP contribution in [0, 0.1) is 12.7 Å². The number of benzene rings is 1. The molecule has 0 atom stereocenters. The number of carbonyl (C=O) groups excluding carboxylic acids is 1. The van der Waals surface area contributed by atoms with Crippen molar-refractivity contribution in [3.05, 3.63) is 59.4 Å². The maximum Gasteiger partial charge on any atom is 0.212 e. The van der Waals surface area contributed by atoms with E-state index in [9.17, 15) is 9.18 Å². The molecule has 1 heterocycles. The highest BCUT2D eigenvalue weighted by atomic mass is 19.1. The monoisotopic (exact) mass is 216 g/mol. The quantitative estimate of drug-likeness (QED) is 0.722. The second-order valence-electron chi connectivity index (χ2n) is 3.38. The Morgan fingerprint density at radius 2 is 2.12 bits per heavy atom. The lowest BCUT2D eigenvalue weighted by molar-refractivity contribution is 0.103. The molecule has 0 fully saturated rings. The van der Waals surface area contributed by atoms with Crippen molar-refractivity contribution in [1.29, 1.82) is 0 Å². The van der Waals surface area contributed by atoms with Gasteiger partial charge in [-0.05, 0) is 30.7 Å². The molecule has 0 bridgehead atoms. The zero-order valence-electron chi connectivity index (χ0n) is 8.64. The van der Waals surface area contributed by atoms with Gasteiger partial charge in [-0.1, -0.05) is 0 Å². The molecule has 1 aromatic carbocycles. The molecule has 1 aromatic heterocycles. The van der Waals surface area contributed by atoms with E-state index in [4.69, 9.17) is 0 Å². The van der Waals surface area contributed by atoms with Gasteiger partial charge in [-0.2, -0.15) is 0 Å². The van der Waals surface area contributed by atoms with Gasteiger partial charge in [0.05, 0.1) is 6.20 Å². The van der Waals surface area contributed by atoms with Crippen LogP contribution < -0.4 is 0 Å². The Kier molecular flexibility index (Phi) is 2.72. The van der Waals surface area contributed by atoms with Gasteiger partial charge in [0.25, 0.3) is 0 Å². The van der Waals surface area contributed by atoms with Crippen LogP contribution in [0.3, 0.4) is 0 Å². The fourth-order valence-corrected chi connectivity index (χ4v) is 1.35. The van der Waals surface area contributed by atoms with Gasteiger partial charge in [0, 0.05) is 18.0 Å². The lowest BCUT2D eigenvalue weighted by Crippen LogP contribution is -2.04. The van der Waals surface area contributed by atoms with E-state index in [0.29, 0.717) is 11.1 Å². The third kappa shape index (κ3) is 1.95. The lowest BCUT2D eigenvalue weighted by atomic mass is 10.1. The van der Waals surface area contributed by atoms with Crippen LogP contribution in [0.5, 0.6) is 0 Å². The summed E-state index contributed by atoms with van der Waals surface area (Å²) in [5, 5.41) is 0. The van der Waals surface area contributed by atoms with Crippen LogP contribution in [-0.4, -0.2) is 15.8 Å². The first-order chi connectivity index (χ1) is 7.68. The molecule has 0 aliphatic rings. The third-order valence-electron chi connectivity index (χ3n) is 2.22. The van der Waals surface area contributed by atoms with Gasteiger partial charge in [-0.15, -0.1) is 0 Å². The molecule has 80 valence electrons. The molecule has 4 heteroatoms. The standard InChI is InChI=1S/C12H9FN2O/c1-8-6-9(2-3-10(8)13)12(16)11-7-14-4-5-15-11/h2-7H,1H3. The molecule has 3 nitrogen and oxygen atoms in total. The minimum atomic E-state index is -0.323. The minimum Gasteiger partial charge on any atom is -0.287 e. The second-order valence-corrected chi connectivity index (χ2v) is 3.38. The van der Waals surface area contributed by atoms with Crippen LogP contribution in [-0.2, 0) is 0 Å². The summed E-state index contributed by atoms with van der Waals surface area (Å²) < 4.78 is 13.0. The number of nitrogens with zero attached hydrogens (tertiary/aromatic N) is 2. The summed E-state index contributed by atoms with van der Waals surface area (Å²) in [7, 11) is 0. The highest BCUT2D eigenvalue weighted by molar-refractivity contribution is 6.07. The molecule has 0 unspecified atom stereocenters. The van der Waals surface area contributed by atoms with Gasteiger partial charge in [-0.25, -0.2) is 9.37 Å². The average Bonchev–Trinajstić information content (AvgIpc) is 2.33. The molecule has 0 aliphatic carbocycles. The van der Waals surface area contributed by atoms with E-state index >= 15 is 0 Å². The zero-order chi connectivity index (χ0) is 11.5. The van der Waals surface area contributed by atoms with Gasteiger partial charge in [-0.3, -0.25) is 9.78 Å². The Morgan fingerprint density at radius 3 is 2.75 bits per heavy atom. The van der Waals surface area contributed by atoms with Crippen molar-refractivity contribution in [2.45, 2.75) is 6.92 Å². The topological polar surface area (TPSA) is 42.9 Å². The summed E-state index contributed by atoms with van der Waals surface area (Å²) in [4.78, 5) is 19.6. The lowest BCUT2D eigenvalue weighted by Gasteiger charge is -2.01. The predicted octanol–water partition coefficient (Wildman–Crippen LogP) is 2.16. The SMILES string of the molecule is Cc1cc(C(=O)c2cnccn2)ccc1F. The number of ketones is 1. The van der Waals surface area contributed by atoms with E-state index in [1.165, 1.54) is 36.8 Å². The largest absolute Gasteiger partial charge is 0.287 e. The predicted molar refractivity (Wildman–Crippen MR) is 56.6 cm³/mol. The molecular formula is C12H9FN2O.